The zero-order valence-electron chi connectivity index (χ0n) is 14.8. The van der Waals surface area contributed by atoms with Gasteiger partial charge in [0.05, 0.1) is 12.3 Å². The van der Waals surface area contributed by atoms with Crippen molar-refractivity contribution in [3.05, 3.63) is 12.5 Å². The maximum absolute atomic E-state index is 11.8. The van der Waals surface area contributed by atoms with Gasteiger partial charge in [0.25, 0.3) is 0 Å². The van der Waals surface area contributed by atoms with Gasteiger partial charge in [-0.1, -0.05) is 58.3 Å². The number of carbonyl (C=O) groups is 2. The Morgan fingerprint density at radius 3 is 2.09 bits per heavy atom. The second-order valence-electron chi connectivity index (χ2n) is 6.41. The molecule has 0 bridgehead atoms. The van der Waals surface area contributed by atoms with E-state index in [0.717, 1.165) is 31.6 Å². The maximum atomic E-state index is 11.8. The molecule has 0 aromatic carbocycles. The van der Waals surface area contributed by atoms with Crippen molar-refractivity contribution in [2.45, 2.75) is 90.9 Å². The fourth-order valence-electron chi connectivity index (χ4n) is 2.52. The Morgan fingerprint density at radius 2 is 1.57 bits per heavy atom. The van der Waals surface area contributed by atoms with Crippen molar-refractivity contribution in [2.24, 2.45) is 4.99 Å². The van der Waals surface area contributed by atoms with Crippen molar-refractivity contribution in [1.29, 1.82) is 0 Å². The third-order valence-electron chi connectivity index (χ3n) is 4.02. The van der Waals surface area contributed by atoms with Crippen LogP contribution in [0.15, 0.2) is 4.99 Å². The van der Waals surface area contributed by atoms with Gasteiger partial charge in [-0.3, -0.25) is 9.59 Å². The Labute approximate surface area is 141 Å². The van der Waals surface area contributed by atoms with Gasteiger partial charge in [-0.05, 0) is 19.3 Å². The van der Waals surface area contributed by atoms with Crippen LogP contribution in [-0.4, -0.2) is 17.5 Å². The Morgan fingerprint density at radius 1 is 1.00 bits per heavy atom. The number of unbranched alkanes of at least 4 members (excludes halogenated alkanes) is 8. The van der Waals surface area contributed by atoms with Crippen LogP contribution in [0.25, 0.3) is 0 Å². The predicted octanol–water partition coefficient (Wildman–Crippen LogP) is 4.54. The average Bonchev–Trinajstić information content (AvgIpc) is 3.34. The Kier molecular flexibility index (Phi) is 10.6. The van der Waals surface area contributed by atoms with E-state index in [1.54, 1.807) is 6.54 Å². The molecule has 130 valence electrons. The normalized spacial score (nSPS) is 14.8. The van der Waals surface area contributed by atoms with Gasteiger partial charge in [0, 0.05) is 19.3 Å². The minimum absolute atomic E-state index is 0.0189. The zero-order chi connectivity index (χ0) is 16.9. The van der Waals surface area contributed by atoms with Gasteiger partial charge in [-0.2, -0.15) is 0 Å². The van der Waals surface area contributed by atoms with Gasteiger partial charge in [0.15, 0.2) is 0 Å². The molecule has 1 fully saturated rings. The lowest BCUT2D eigenvalue weighted by molar-refractivity contribution is -0.120. The van der Waals surface area contributed by atoms with Crippen LogP contribution in [0.4, 0.5) is 0 Å². The van der Waals surface area contributed by atoms with Crippen LogP contribution < -0.4 is 5.32 Å². The van der Waals surface area contributed by atoms with E-state index in [4.69, 9.17) is 0 Å². The molecule has 0 atom stereocenters. The van der Waals surface area contributed by atoms with Crippen molar-refractivity contribution in [2.75, 3.05) is 0 Å². The van der Waals surface area contributed by atoms with Crippen molar-refractivity contribution in [3.8, 4) is 0 Å². The smallest absolute Gasteiger partial charge is 0.242 e. The summed E-state index contributed by atoms with van der Waals surface area (Å²) in [4.78, 5) is 26.8. The van der Waals surface area contributed by atoms with Crippen molar-refractivity contribution in [3.63, 3.8) is 0 Å². The van der Waals surface area contributed by atoms with Crippen LogP contribution in [-0.2, 0) is 9.59 Å². The molecule has 1 rings (SSSR count). The van der Waals surface area contributed by atoms with Gasteiger partial charge in [0.1, 0.15) is 0 Å². The van der Waals surface area contributed by atoms with E-state index in [2.05, 4.69) is 17.2 Å². The molecule has 0 aromatic heterocycles. The monoisotopic (exact) mass is 320 g/mol. The Balaban J connectivity index is 1.98. The zero-order valence-corrected chi connectivity index (χ0v) is 14.8. The van der Waals surface area contributed by atoms with Crippen LogP contribution >= 0.6 is 0 Å². The number of nitrogens with zero attached hydrogens (tertiary/aromatic N) is 1. The third kappa shape index (κ3) is 11.1. The van der Waals surface area contributed by atoms with Gasteiger partial charge < -0.3 is 5.32 Å². The summed E-state index contributed by atoms with van der Waals surface area (Å²) in [7, 11) is 0. The summed E-state index contributed by atoms with van der Waals surface area (Å²) in [5.74, 6) is 0.956. The molecule has 0 aromatic rings. The van der Waals surface area contributed by atoms with E-state index >= 15 is 0 Å². The van der Waals surface area contributed by atoms with Gasteiger partial charge in [-0.25, -0.2) is 4.99 Å². The average molecular weight is 320 g/mol. The maximum Gasteiger partial charge on any atom is 0.242 e. The molecule has 2 radical (unpaired) electrons. The first-order chi connectivity index (χ1) is 11.1. The summed E-state index contributed by atoms with van der Waals surface area (Å²) in [6.45, 7) is 5.27. The van der Waals surface area contributed by atoms with Crippen LogP contribution in [0.1, 0.15) is 90.9 Å². The molecule has 1 N–H and O–H groups in total. The fourth-order valence-corrected chi connectivity index (χ4v) is 2.52. The molecule has 1 aliphatic rings. The number of amides is 2. The van der Waals surface area contributed by atoms with Crippen LogP contribution in [0.5, 0.6) is 0 Å². The number of nitrogens with one attached hydrogen (secondary N) is 1. The van der Waals surface area contributed by atoms with Crippen molar-refractivity contribution >= 4 is 17.5 Å². The first-order valence-corrected chi connectivity index (χ1v) is 9.20. The highest BCUT2D eigenvalue weighted by molar-refractivity contribution is 6.11. The predicted molar refractivity (Wildman–Crippen MR) is 94.9 cm³/mol. The summed E-state index contributed by atoms with van der Waals surface area (Å²) < 4.78 is 0. The molecule has 4 nitrogen and oxygen atoms in total. The topological polar surface area (TPSA) is 58.5 Å². The first-order valence-electron chi connectivity index (χ1n) is 9.20. The number of hydrogen-bond donors (Lipinski definition) is 1. The number of hydrogen-bond acceptors (Lipinski definition) is 2. The highest BCUT2D eigenvalue weighted by atomic mass is 16.2. The fraction of sp³-hybridized carbons (Fsp3) is 0.737. The summed E-state index contributed by atoms with van der Waals surface area (Å²) in [6, 6.07) is 0. The molecule has 1 aliphatic carbocycles. The summed E-state index contributed by atoms with van der Waals surface area (Å²) in [6.07, 6.45) is 13.7. The first kappa shape index (κ1) is 19.9. The van der Waals surface area contributed by atoms with E-state index in [1.165, 1.54) is 51.9 Å². The van der Waals surface area contributed by atoms with Crippen LogP contribution in [0.3, 0.4) is 0 Å². The van der Waals surface area contributed by atoms with E-state index in [9.17, 15) is 9.59 Å². The van der Waals surface area contributed by atoms with Gasteiger partial charge in [-0.15, -0.1) is 0 Å². The van der Waals surface area contributed by atoms with Gasteiger partial charge in [0.2, 0.25) is 11.8 Å². The largest absolute Gasteiger partial charge is 0.346 e. The standard InChI is InChI=1S/C19H32N2O2/c1-3-4-5-6-7-8-9-10-11-12-19(23)20-15-18(17-13-14-17)21-16(2)22/h15H,3-14H2,1-2H3,(H,20,23). The van der Waals surface area contributed by atoms with Crippen molar-refractivity contribution < 1.29 is 9.59 Å². The highest BCUT2D eigenvalue weighted by Crippen LogP contribution is 2.34. The number of carbonyl (C=O) groups excluding carboxylic acids is 2. The third-order valence-corrected chi connectivity index (χ3v) is 4.02. The molecular formula is C19H32N2O2. The molecule has 0 heterocycles. The van der Waals surface area contributed by atoms with E-state index in [0.29, 0.717) is 12.1 Å². The van der Waals surface area contributed by atoms with E-state index in [1.807, 2.05) is 0 Å². The molecule has 0 saturated heterocycles. The lowest BCUT2D eigenvalue weighted by Crippen LogP contribution is -2.25. The minimum atomic E-state index is -0.219. The van der Waals surface area contributed by atoms with Crippen LogP contribution in [0, 0.1) is 12.5 Å². The molecule has 0 unspecified atom stereocenters. The second kappa shape index (κ2) is 12.3. The lowest BCUT2D eigenvalue weighted by Gasteiger charge is -2.06. The van der Waals surface area contributed by atoms with E-state index < -0.39 is 0 Å². The quantitative estimate of drug-likeness (QED) is 0.400. The molecule has 0 spiro atoms. The summed E-state index contributed by atoms with van der Waals surface area (Å²) in [5, 5.41) is 2.77. The SMILES string of the molecule is CCCCCCCCCCCC(=O)N[CH]C(=NC(C)=O)[C]1CC1. The molecule has 1 saturated carbocycles. The van der Waals surface area contributed by atoms with Crippen LogP contribution in [0.2, 0.25) is 0 Å². The number of aliphatic imine (C=N–C) groups is 1. The molecule has 0 aliphatic heterocycles. The summed E-state index contributed by atoms with van der Waals surface area (Å²) >= 11 is 0. The Bertz CT molecular complexity index is 387. The number of rotatable bonds is 13. The van der Waals surface area contributed by atoms with Gasteiger partial charge >= 0.3 is 0 Å². The molecule has 4 heteroatoms. The van der Waals surface area contributed by atoms with Crippen molar-refractivity contribution in [1.82, 2.24) is 5.32 Å². The highest BCUT2D eigenvalue weighted by Gasteiger charge is 2.29. The van der Waals surface area contributed by atoms with E-state index in [-0.39, 0.29) is 11.8 Å². The minimum Gasteiger partial charge on any atom is -0.346 e. The molecular weight excluding hydrogens is 288 g/mol. The second-order valence-corrected chi connectivity index (χ2v) is 6.41. The molecule has 2 amide bonds. The molecule has 23 heavy (non-hydrogen) atoms. The Hall–Kier alpha value is -1.19. The lowest BCUT2D eigenvalue weighted by atomic mass is 10.1. The summed E-state index contributed by atoms with van der Waals surface area (Å²) in [5.41, 5.74) is 0.651.